The van der Waals surface area contributed by atoms with E-state index in [1.165, 1.54) is 5.56 Å². The van der Waals surface area contributed by atoms with Gasteiger partial charge < -0.3 is 8.98 Å². The van der Waals surface area contributed by atoms with Crippen molar-refractivity contribution in [2.24, 2.45) is 0 Å². The molecule has 0 amide bonds. The van der Waals surface area contributed by atoms with Gasteiger partial charge in [0, 0.05) is 56.5 Å². The van der Waals surface area contributed by atoms with E-state index in [1.54, 1.807) is 6.26 Å². The van der Waals surface area contributed by atoms with Gasteiger partial charge >= 0.3 is 0 Å². The van der Waals surface area contributed by atoms with E-state index in [1.807, 2.05) is 62.6 Å². The fraction of sp³-hybridized carbons (Fsp3) is 0.280. The summed E-state index contributed by atoms with van der Waals surface area (Å²) in [6.07, 6.45) is 10.4. The third-order valence-electron chi connectivity index (χ3n) is 5.64. The molecular formula is C25H27N3O2. The fourth-order valence-corrected chi connectivity index (χ4v) is 3.78. The molecule has 154 valence electrons. The van der Waals surface area contributed by atoms with Gasteiger partial charge in [-0.3, -0.25) is 14.7 Å². The first-order valence-electron chi connectivity index (χ1n) is 10.3. The molecule has 5 heteroatoms. The number of fused-ring (bicyclic) bond motifs is 1. The number of hydrogen-bond acceptors (Lipinski definition) is 4. The Morgan fingerprint density at radius 3 is 2.57 bits per heavy atom. The van der Waals surface area contributed by atoms with Crippen molar-refractivity contribution in [1.82, 2.24) is 14.5 Å². The molecule has 0 saturated heterocycles. The highest BCUT2D eigenvalue weighted by molar-refractivity contribution is 5.81. The first-order chi connectivity index (χ1) is 14.6. The smallest absolute Gasteiger partial charge is 0.197 e. The maximum atomic E-state index is 13.1. The van der Waals surface area contributed by atoms with E-state index in [-0.39, 0.29) is 5.43 Å². The molecule has 0 atom stereocenters. The van der Waals surface area contributed by atoms with Crippen LogP contribution in [0.4, 0.5) is 0 Å². The largest absolute Gasteiger partial charge is 0.463 e. The lowest BCUT2D eigenvalue weighted by molar-refractivity contribution is 0.246. The quantitative estimate of drug-likeness (QED) is 0.429. The van der Waals surface area contributed by atoms with Gasteiger partial charge in [0.25, 0.3) is 0 Å². The summed E-state index contributed by atoms with van der Waals surface area (Å²) in [5.41, 5.74) is 4.78. The van der Waals surface area contributed by atoms with Gasteiger partial charge in [-0.1, -0.05) is 6.07 Å². The Morgan fingerprint density at radius 2 is 1.80 bits per heavy atom. The van der Waals surface area contributed by atoms with Crippen molar-refractivity contribution in [2.75, 3.05) is 6.54 Å². The van der Waals surface area contributed by atoms with Crippen molar-refractivity contribution in [3.63, 3.8) is 0 Å². The van der Waals surface area contributed by atoms with Crippen molar-refractivity contribution < 1.29 is 4.42 Å². The van der Waals surface area contributed by atoms with Crippen LogP contribution in [-0.2, 0) is 19.6 Å². The topological polar surface area (TPSA) is 51.3 Å². The van der Waals surface area contributed by atoms with Crippen molar-refractivity contribution >= 4 is 11.0 Å². The summed E-state index contributed by atoms with van der Waals surface area (Å²) in [6.45, 7) is 7.18. The Kier molecular flexibility index (Phi) is 6.10. The molecule has 4 aromatic rings. The molecule has 0 aliphatic heterocycles. The molecule has 0 aliphatic carbocycles. The average molecular weight is 402 g/mol. The normalized spacial score (nSPS) is 11.4. The van der Waals surface area contributed by atoms with E-state index in [0.29, 0.717) is 23.1 Å². The maximum absolute atomic E-state index is 13.1. The van der Waals surface area contributed by atoms with Crippen molar-refractivity contribution in [2.45, 2.75) is 39.9 Å². The third-order valence-corrected chi connectivity index (χ3v) is 5.64. The van der Waals surface area contributed by atoms with Crippen LogP contribution < -0.4 is 5.43 Å². The summed E-state index contributed by atoms with van der Waals surface area (Å²) < 4.78 is 8.09. The first kappa shape index (κ1) is 20.1. The highest BCUT2D eigenvalue weighted by Gasteiger charge is 2.14. The molecule has 4 rings (SSSR count). The first-order valence-corrected chi connectivity index (χ1v) is 10.3. The molecule has 0 bridgehead atoms. The van der Waals surface area contributed by atoms with Crippen LogP contribution in [0.1, 0.15) is 28.7 Å². The summed E-state index contributed by atoms with van der Waals surface area (Å²) in [7, 11) is 0. The van der Waals surface area contributed by atoms with Crippen molar-refractivity contribution in [3.05, 3.63) is 99.9 Å². The lowest BCUT2D eigenvalue weighted by Crippen LogP contribution is -2.27. The molecular weight excluding hydrogens is 374 g/mol. The number of hydrogen-bond donors (Lipinski definition) is 0. The van der Waals surface area contributed by atoms with Crippen LogP contribution in [0, 0.1) is 13.8 Å². The van der Waals surface area contributed by atoms with Gasteiger partial charge in [0.15, 0.2) is 5.43 Å². The molecule has 1 aromatic carbocycles. The summed E-state index contributed by atoms with van der Waals surface area (Å²) in [5.74, 6) is 0. The van der Waals surface area contributed by atoms with E-state index in [4.69, 9.17) is 4.42 Å². The molecule has 5 nitrogen and oxygen atoms in total. The number of benzene rings is 1. The van der Waals surface area contributed by atoms with E-state index in [2.05, 4.69) is 26.8 Å². The van der Waals surface area contributed by atoms with E-state index in [0.717, 1.165) is 37.2 Å². The van der Waals surface area contributed by atoms with Crippen LogP contribution in [0.5, 0.6) is 0 Å². The van der Waals surface area contributed by atoms with Gasteiger partial charge in [-0.05, 0) is 67.3 Å². The van der Waals surface area contributed by atoms with Crippen molar-refractivity contribution in [3.8, 4) is 0 Å². The Bertz CT molecular complexity index is 1160. The predicted molar refractivity (Wildman–Crippen MR) is 119 cm³/mol. The highest BCUT2D eigenvalue weighted by Crippen LogP contribution is 2.20. The second-order valence-electron chi connectivity index (χ2n) is 7.81. The second-order valence-corrected chi connectivity index (χ2v) is 7.81. The van der Waals surface area contributed by atoms with E-state index >= 15 is 0 Å². The van der Waals surface area contributed by atoms with Crippen molar-refractivity contribution in [1.29, 1.82) is 0 Å². The zero-order valence-electron chi connectivity index (χ0n) is 17.5. The van der Waals surface area contributed by atoms with Gasteiger partial charge in [0.05, 0.1) is 11.6 Å². The monoisotopic (exact) mass is 401 g/mol. The minimum Gasteiger partial charge on any atom is -0.463 e. The zero-order chi connectivity index (χ0) is 20.9. The fourth-order valence-electron chi connectivity index (χ4n) is 3.78. The summed E-state index contributed by atoms with van der Waals surface area (Å²) in [5, 5.41) is 0.659. The maximum Gasteiger partial charge on any atom is 0.197 e. The van der Waals surface area contributed by atoms with Gasteiger partial charge in [0.1, 0.15) is 5.58 Å². The summed E-state index contributed by atoms with van der Waals surface area (Å²) in [4.78, 5) is 19.6. The average Bonchev–Trinajstić information content (AvgIpc) is 3.27. The predicted octanol–water partition coefficient (Wildman–Crippen LogP) is 4.70. The Morgan fingerprint density at radius 1 is 1.03 bits per heavy atom. The Balaban J connectivity index is 1.56. The van der Waals surface area contributed by atoms with Gasteiger partial charge in [-0.2, -0.15) is 0 Å². The molecule has 0 aliphatic rings. The van der Waals surface area contributed by atoms with Crippen LogP contribution in [0.15, 0.2) is 76.7 Å². The molecule has 3 heterocycles. The van der Waals surface area contributed by atoms with Crippen LogP contribution in [-0.4, -0.2) is 21.0 Å². The molecule has 0 fully saturated rings. The van der Waals surface area contributed by atoms with Crippen LogP contribution in [0.3, 0.4) is 0 Å². The molecule has 0 saturated carbocycles. The van der Waals surface area contributed by atoms with Gasteiger partial charge in [0.2, 0.25) is 0 Å². The highest BCUT2D eigenvalue weighted by atomic mass is 16.3. The number of nitrogens with zero attached hydrogens (tertiary/aromatic N) is 3. The zero-order valence-corrected chi connectivity index (χ0v) is 17.5. The SMILES string of the molecule is Cc1ccc2c(=O)c(CN(CCCn3cccc3)Cc3ccncc3)coc2c1C. The number of rotatable bonds is 8. The molecule has 3 aromatic heterocycles. The molecule has 0 unspecified atom stereocenters. The minimum atomic E-state index is 0.0597. The number of pyridine rings is 1. The second kappa shape index (κ2) is 9.09. The van der Waals surface area contributed by atoms with Crippen LogP contribution >= 0.6 is 0 Å². The molecule has 30 heavy (non-hydrogen) atoms. The molecule has 0 radical (unpaired) electrons. The van der Waals surface area contributed by atoms with Crippen LogP contribution in [0.2, 0.25) is 0 Å². The van der Waals surface area contributed by atoms with Crippen LogP contribution in [0.25, 0.3) is 11.0 Å². The van der Waals surface area contributed by atoms with E-state index in [9.17, 15) is 4.79 Å². The number of aryl methyl sites for hydroxylation is 3. The molecule has 0 N–H and O–H groups in total. The standard InChI is InChI=1S/C25H27N3O2/c1-19-6-7-23-24(29)22(18-30-25(23)20(19)2)17-28(16-21-8-10-26-11-9-21)15-5-14-27-12-3-4-13-27/h3-4,6-13,18H,5,14-17H2,1-2H3. The summed E-state index contributed by atoms with van der Waals surface area (Å²) in [6, 6.07) is 12.0. The van der Waals surface area contributed by atoms with E-state index < -0.39 is 0 Å². The Hall–Kier alpha value is -3.18. The minimum absolute atomic E-state index is 0.0597. The number of aromatic nitrogens is 2. The van der Waals surface area contributed by atoms with Gasteiger partial charge in [-0.25, -0.2) is 0 Å². The lowest BCUT2D eigenvalue weighted by Gasteiger charge is -2.22. The lowest BCUT2D eigenvalue weighted by atomic mass is 10.0. The summed E-state index contributed by atoms with van der Waals surface area (Å²) >= 11 is 0. The molecule has 0 spiro atoms. The third kappa shape index (κ3) is 4.52. The van der Waals surface area contributed by atoms with Gasteiger partial charge in [-0.15, -0.1) is 0 Å². The Labute approximate surface area is 176 Å².